The summed E-state index contributed by atoms with van der Waals surface area (Å²) in [5.41, 5.74) is 4.43. The van der Waals surface area contributed by atoms with E-state index in [0.29, 0.717) is 30.0 Å². The van der Waals surface area contributed by atoms with Crippen molar-refractivity contribution in [3.8, 4) is 5.75 Å². The standard InChI is InChI=1S/C30H40N6O3/c1-19-17-35(15-16-38-19)29(37)25-7-5-23(6-8-25)24-9-11-26(12-10-24)34-14-13-27(18-34)39-28-20(2)31-30-32-22(4)33-36(30)21(28)3/h9-12,19,23,25,27H,5-8,13-18H2,1-4H3/t19-,23?,25?,27+/m0/s1. The molecule has 2 atom stereocenters. The minimum absolute atomic E-state index is 0.105. The number of fused-ring (bicyclic) bond motifs is 1. The van der Waals surface area contributed by atoms with E-state index in [-0.39, 0.29) is 18.1 Å². The van der Waals surface area contributed by atoms with Gasteiger partial charge in [0.25, 0.3) is 5.78 Å². The van der Waals surface area contributed by atoms with Crippen molar-refractivity contribution >= 4 is 17.4 Å². The second-order valence-electron chi connectivity index (χ2n) is 11.6. The van der Waals surface area contributed by atoms with Gasteiger partial charge in [-0.1, -0.05) is 12.1 Å². The van der Waals surface area contributed by atoms with Crippen molar-refractivity contribution in [3.63, 3.8) is 0 Å². The first-order valence-corrected chi connectivity index (χ1v) is 14.5. The van der Waals surface area contributed by atoms with Gasteiger partial charge < -0.3 is 19.3 Å². The molecule has 1 aliphatic carbocycles. The van der Waals surface area contributed by atoms with Crippen LogP contribution in [0.15, 0.2) is 24.3 Å². The van der Waals surface area contributed by atoms with Crippen LogP contribution >= 0.6 is 0 Å². The topological polar surface area (TPSA) is 85.1 Å². The molecule has 4 heterocycles. The van der Waals surface area contributed by atoms with E-state index in [1.807, 2.05) is 25.7 Å². The largest absolute Gasteiger partial charge is 0.485 e. The average Bonchev–Trinajstić information content (AvgIpc) is 3.57. The molecule has 9 nitrogen and oxygen atoms in total. The van der Waals surface area contributed by atoms with Crippen LogP contribution in [0.5, 0.6) is 5.75 Å². The molecule has 1 saturated carbocycles. The minimum Gasteiger partial charge on any atom is -0.485 e. The molecule has 0 unspecified atom stereocenters. The zero-order valence-corrected chi connectivity index (χ0v) is 23.6. The number of morpholine rings is 1. The third kappa shape index (κ3) is 5.33. The van der Waals surface area contributed by atoms with Gasteiger partial charge in [-0.15, -0.1) is 5.10 Å². The number of aromatic nitrogens is 4. The van der Waals surface area contributed by atoms with Crippen LogP contribution in [-0.2, 0) is 9.53 Å². The highest BCUT2D eigenvalue weighted by Gasteiger charge is 2.32. The molecule has 0 spiro atoms. The summed E-state index contributed by atoms with van der Waals surface area (Å²) < 4.78 is 13.9. The quantitative estimate of drug-likeness (QED) is 0.486. The molecule has 3 fully saturated rings. The second kappa shape index (κ2) is 10.8. The van der Waals surface area contributed by atoms with Gasteiger partial charge in [-0.3, -0.25) is 4.79 Å². The monoisotopic (exact) mass is 532 g/mol. The second-order valence-corrected chi connectivity index (χ2v) is 11.6. The van der Waals surface area contributed by atoms with Gasteiger partial charge in [-0.2, -0.15) is 9.50 Å². The van der Waals surface area contributed by atoms with E-state index in [2.05, 4.69) is 51.2 Å². The third-order valence-electron chi connectivity index (χ3n) is 8.73. The summed E-state index contributed by atoms with van der Waals surface area (Å²) in [6.07, 6.45) is 5.34. The first-order chi connectivity index (χ1) is 18.9. The van der Waals surface area contributed by atoms with Crippen molar-refractivity contribution < 1.29 is 14.3 Å². The van der Waals surface area contributed by atoms with Gasteiger partial charge in [0.15, 0.2) is 5.75 Å². The van der Waals surface area contributed by atoms with Crippen molar-refractivity contribution in [1.29, 1.82) is 0 Å². The van der Waals surface area contributed by atoms with Crippen molar-refractivity contribution in [3.05, 3.63) is 47.0 Å². The van der Waals surface area contributed by atoms with E-state index in [1.54, 1.807) is 4.52 Å². The van der Waals surface area contributed by atoms with Crippen LogP contribution in [0, 0.1) is 26.7 Å². The zero-order chi connectivity index (χ0) is 27.1. The van der Waals surface area contributed by atoms with Crippen molar-refractivity contribution in [2.24, 2.45) is 5.92 Å². The van der Waals surface area contributed by atoms with E-state index in [4.69, 9.17) is 9.47 Å². The van der Waals surface area contributed by atoms with E-state index in [1.165, 1.54) is 11.3 Å². The Morgan fingerprint density at radius 1 is 0.974 bits per heavy atom. The molecule has 39 heavy (non-hydrogen) atoms. The number of rotatable bonds is 5. The Kier molecular flexibility index (Phi) is 7.18. The number of hydrogen-bond donors (Lipinski definition) is 0. The fourth-order valence-corrected chi connectivity index (χ4v) is 6.56. The number of anilines is 1. The molecule has 3 aromatic rings. The molecule has 0 bridgehead atoms. The van der Waals surface area contributed by atoms with Crippen LogP contribution in [0.4, 0.5) is 5.69 Å². The number of benzene rings is 1. The lowest BCUT2D eigenvalue weighted by molar-refractivity contribution is -0.143. The van der Waals surface area contributed by atoms with Crippen LogP contribution in [0.2, 0.25) is 0 Å². The van der Waals surface area contributed by atoms with Gasteiger partial charge in [-0.05, 0) is 77.0 Å². The molecule has 6 rings (SSSR count). The van der Waals surface area contributed by atoms with Gasteiger partial charge >= 0.3 is 0 Å². The van der Waals surface area contributed by atoms with Crippen LogP contribution in [0.1, 0.15) is 67.7 Å². The molecule has 2 aliphatic heterocycles. The molecule has 0 N–H and O–H groups in total. The Labute approximate surface area is 230 Å². The summed E-state index contributed by atoms with van der Waals surface area (Å²) in [5.74, 6) is 3.19. The summed E-state index contributed by atoms with van der Waals surface area (Å²) in [5, 5.41) is 4.46. The van der Waals surface area contributed by atoms with Crippen LogP contribution in [0.25, 0.3) is 5.78 Å². The van der Waals surface area contributed by atoms with Gasteiger partial charge in [0.1, 0.15) is 11.9 Å². The highest BCUT2D eigenvalue weighted by atomic mass is 16.5. The maximum Gasteiger partial charge on any atom is 0.253 e. The predicted octanol–water partition coefficient (Wildman–Crippen LogP) is 4.23. The summed E-state index contributed by atoms with van der Waals surface area (Å²) in [6, 6.07) is 9.09. The summed E-state index contributed by atoms with van der Waals surface area (Å²) in [7, 11) is 0. The van der Waals surface area contributed by atoms with Gasteiger partial charge in [-0.25, -0.2) is 4.98 Å². The fourth-order valence-electron chi connectivity index (χ4n) is 6.56. The Morgan fingerprint density at radius 3 is 2.49 bits per heavy atom. The molecule has 1 aromatic carbocycles. The van der Waals surface area contributed by atoms with E-state index < -0.39 is 0 Å². The first kappa shape index (κ1) is 26.0. The SMILES string of the molecule is Cc1nc2nc(C)c(O[C@@H]3CCN(c4ccc(C5CCC(C(=O)N6CCO[C@@H](C)C6)CC5)cc4)C3)c(C)n2n1. The van der Waals surface area contributed by atoms with Crippen LogP contribution in [0.3, 0.4) is 0 Å². The van der Waals surface area contributed by atoms with E-state index in [0.717, 1.165) is 75.4 Å². The number of aryl methyl sites for hydroxylation is 3. The summed E-state index contributed by atoms with van der Waals surface area (Å²) in [4.78, 5) is 26.4. The smallest absolute Gasteiger partial charge is 0.253 e. The molecule has 0 radical (unpaired) electrons. The third-order valence-corrected chi connectivity index (χ3v) is 8.73. The predicted molar refractivity (Wildman–Crippen MR) is 149 cm³/mol. The molecular weight excluding hydrogens is 492 g/mol. The molecule has 9 heteroatoms. The van der Waals surface area contributed by atoms with Gasteiger partial charge in [0, 0.05) is 37.7 Å². The average molecular weight is 533 g/mol. The van der Waals surface area contributed by atoms with Crippen molar-refractivity contribution in [1.82, 2.24) is 24.5 Å². The maximum atomic E-state index is 13.0. The first-order valence-electron chi connectivity index (χ1n) is 14.5. The molecular formula is C30H40N6O3. The molecule has 2 saturated heterocycles. The van der Waals surface area contributed by atoms with Crippen LogP contribution in [-0.4, -0.2) is 75.4 Å². The number of ether oxygens (including phenoxy) is 2. The number of nitrogens with zero attached hydrogens (tertiary/aromatic N) is 6. The number of carbonyl (C=O) groups is 1. The number of amides is 1. The molecule has 1 amide bonds. The lowest BCUT2D eigenvalue weighted by Gasteiger charge is -2.36. The summed E-state index contributed by atoms with van der Waals surface area (Å²) in [6.45, 7) is 11.9. The van der Waals surface area contributed by atoms with E-state index in [9.17, 15) is 4.79 Å². The zero-order valence-electron chi connectivity index (χ0n) is 23.6. The molecule has 2 aromatic heterocycles. The Balaban J connectivity index is 1.03. The normalized spacial score (nSPS) is 25.8. The van der Waals surface area contributed by atoms with E-state index >= 15 is 0 Å². The number of carbonyl (C=O) groups excluding carboxylic acids is 1. The Morgan fingerprint density at radius 2 is 1.74 bits per heavy atom. The number of hydrogen-bond acceptors (Lipinski definition) is 7. The Hall–Kier alpha value is -3.20. The van der Waals surface area contributed by atoms with Gasteiger partial charge in [0.05, 0.1) is 30.6 Å². The highest BCUT2D eigenvalue weighted by molar-refractivity contribution is 5.79. The fraction of sp³-hybridized carbons (Fsp3) is 0.600. The van der Waals surface area contributed by atoms with Crippen molar-refractivity contribution in [2.45, 2.75) is 77.9 Å². The molecule has 3 aliphatic rings. The molecule has 208 valence electrons. The van der Waals surface area contributed by atoms with Crippen LogP contribution < -0.4 is 9.64 Å². The van der Waals surface area contributed by atoms with Gasteiger partial charge in [0.2, 0.25) is 5.91 Å². The van der Waals surface area contributed by atoms with Crippen molar-refractivity contribution in [2.75, 3.05) is 37.7 Å². The lowest BCUT2D eigenvalue weighted by Crippen LogP contribution is -2.47. The highest BCUT2D eigenvalue weighted by Crippen LogP contribution is 2.37. The minimum atomic E-state index is 0.105. The Bertz CT molecular complexity index is 1330. The summed E-state index contributed by atoms with van der Waals surface area (Å²) >= 11 is 0. The lowest BCUT2D eigenvalue weighted by atomic mass is 9.78. The maximum absolute atomic E-state index is 13.0.